The summed E-state index contributed by atoms with van der Waals surface area (Å²) in [6.07, 6.45) is -2.37. The number of unbranched alkanes of at least 4 members (excludes halogenated alkanes) is 3. The quantitative estimate of drug-likeness (QED) is 0.468. The van der Waals surface area contributed by atoms with Gasteiger partial charge in [0.1, 0.15) is 5.60 Å². The number of carbonyl (C=O) groups is 1. The van der Waals surface area contributed by atoms with E-state index in [1.165, 1.54) is 11.8 Å². The molecule has 0 saturated heterocycles. The molecule has 0 aromatic carbocycles. The minimum atomic E-state index is -4.04. The molecule has 0 fully saturated rings. The lowest BCUT2D eigenvalue weighted by molar-refractivity contribution is -0.153. The molecule has 0 saturated carbocycles. The maximum atomic E-state index is 11.9. The minimum Gasteiger partial charge on any atom is -0.459 e. The van der Waals surface area contributed by atoms with Crippen LogP contribution < -0.4 is 0 Å². The number of thioether (sulfide) groups is 1. The number of rotatable bonds is 8. The van der Waals surface area contributed by atoms with E-state index in [-0.39, 0.29) is 17.6 Å². The van der Waals surface area contributed by atoms with Gasteiger partial charge in [0.15, 0.2) is 0 Å². The highest BCUT2D eigenvalue weighted by Gasteiger charge is 2.25. The number of hydrogen-bond acceptors (Lipinski definition) is 3. The molecule has 120 valence electrons. The van der Waals surface area contributed by atoms with Crippen LogP contribution in [0.2, 0.25) is 0 Å². The van der Waals surface area contributed by atoms with Crippen molar-refractivity contribution in [2.24, 2.45) is 0 Å². The van der Waals surface area contributed by atoms with Gasteiger partial charge in [0, 0.05) is 6.42 Å². The van der Waals surface area contributed by atoms with Crippen LogP contribution in [0.4, 0.5) is 13.2 Å². The third kappa shape index (κ3) is 12.6. The van der Waals surface area contributed by atoms with Crippen LogP contribution in [-0.2, 0) is 9.53 Å². The van der Waals surface area contributed by atoms with Gasteiger partial charge in [0.25, 0.3) is 0 Å². The number of alkyl halides is 3. The predicted octanol–water partition coefficient (Wildman–Crippen LogP) is 4.96. The summed E-state index contributed by atoms with van der Waals surface area (Å²) in [5.74, 6) is 0.534. The van der Waals surface area contributed by atoms with Crippen molar-refractivity contribution >= 4 is 17.7 Å². The van der Waals surface area contributed by atoms with Crippen molar-refractivity contribution in [1.82, 2.24) is 0 Å². The fourth-order valence-corrected chi connectivity index (χ4v) is 2.40. The molecular weight excluding hydrogens is 289 g/mol. The molecule has 0 aromatic heterocycles. The molecular formula is C14H25F3O2S. The Bertz CT molecular complexity index is 285. The van der Waals surface area contributed by atoms with Gasteiger partial charge in [-0.1, -0.05) is 12.8 Å². The lowest BCUT2D eigenvalue weighted by atomic mass is 10.1. The molecule has 6 heteroatoms. The van der Waals surface area contributed by atoms with Gasteiger partial charge >= 0.3 is 12.1 Å². The maximum Gasteiger partial charge on any atom is 0.389 e. The van der Waals surface area contributed by atoms with E-state index in [0.717, 1.165) is 18.6 Å². The lowest BCUT2D eigenvalue weighted by Gasteiger charge is -2.22. The Hall–Kier alpha value is -0.390. The Morgan fingerprint density at radius 1 is 1.10 bits per heavy atom. The fourth-order valence-electron chi connectivity index (χ4n) is 1.49. The molecule has 2 nitrogen and oxygen atoms in total. The zero-order valence-electron chi connectivity index (χ0n) is 12.7. The average molecular weight is 314 g/mol. The highest BCUT2D eigenvalue weighted by molar-refractivity contribution is 8.00. The van der Waals surface area contributed by atoms with Crippen LogP contribution in [0.3, 0.4) is 0 Å². The summed E-state index contributed by atoms with van der Waals surface area (Å²) in [7, 11) is 0. The fraction of sp³-hybridized carbons (Fsp3) is 0.929. The zero-order chi connectivity index (χ0) is 15.8. The maximum absolute atomic E-state index is 11.9. The lowest BCUT2D eigenvalue weighted by Crippen LogP contribution is -2.29. The van der Waals surface area contributed by atoms with E-state index in [1.807, 2.05) is 20.8 Å². The van der Waals surface area contributed by atoms with E-state index in [0.29, 0.717) is 6.42 Å². The number of ether oxygens (including phenoxy) is 1. The summed E-state index contributed by atoms with van der Waals surface area (Å²) in [5, 5.41) is -0.232. The van der Waals surface area contributed by atoms with Crippen LogP contribution in [0.15, 0.2) is 0 Å². The van der Waals surface area contributed by atoms with E-state index in [4.69, 9.17) is 4.74 Å². The van der Waals surface area contributed by atoms with Gasteiger partial charge in [0.05, 0.1) is 5.25 Å². The molecule has 0 rings (SSSR count). The van der Waals surface area contributed by atoms with E-state index < -0.39 is 18.2 Å². The minimum absolute atomic E-state index is 0.190. The first-order valence-corrected chi connectivity index (χ1v) is 7.97. The molecule has 1 atom stereocenters. The summed E-state index contributed by atoms with van der Waals surface area (Å²) < 4.78 is 41.0. The van der Waals surface area contributed by atoms with E-state index in [1.54, 1.807) is 6.92 Å². The largest absolute Gasteiger partial charge is 0.459 e. The van der Waals surface area contributed by atoms with Crippen LogP contribution >= 0.6 is 11.8 Å². The van der Waals surface area contributed by atoms with Crippen LogP contribution in [0, 0.1) is 0 Å². The molecule has 0 spiro atoms. The van der Waals surface area contributed by atoms with Gasteiger partial charge in [-0.3, -0.25) is 4.79 Å². The third-order valence-electron chi connectivity index (χ3n) is 2.46. The second-order valence-corrected chi connectivity index (χ2v) is 7.27. The summed E-state index contributed by atoms with van der Waals surface area (Å²) in [4.78, 5) is 11.7. The number of halogens is 3. The number of hydrogen-bond donors (Lipinski definition) is 0. The van der Waals surface area contributed by atoms with Crippen molar-refractivity contribution in [1.29, 1.82) is 0 Å². The van der Waals surface area contributed by atoms with Crippen LogP contribution in [0.25, 0.3) is 0 Å². The van der Waals surface area contributed by atoms with Gasteiger partial charge in [-0.15, -0.1) is 11.8 Å². The molecule has 0 aromatic rings. The Morgan fingerprint density at radius 3 is 2.15 bits per heavy atom. The van der Waals surface area contributed by atoms with Gasteiger partial charge in [0.2, 0.25) is 0 Å². The van der Waals surface area contributed by atoms with E-state index in [9.17, 15) is 18.0 Å². The Labute approximate surface area is 123 Å². The predicted molar refractivity (Wildman–Crippen MR) is 76.9 cm³/mol. The third-order valence-corrected chi connectivity index (χ3v) is 3.68. The first kappa shape index (κ1) is 19.6. The molecule has 0 radical (unpaired) electrons. The van der Waals surface area contributed by atoms with Crippen LogP contribution in [0.5, 0.6) is 0 Å². The molecule has 0 aliphatic rings. The van der Waals surface area contributed by atoms with E-state index in [2.05, 4.69) is 0 Å². The van der Waals surface area contributed by atoms with Crippen molar-refractivity contribution < 1.29 is 22.7 Å². The van der Waals surface area contributed by atoms with Crippen LogP contribution in [0.1, 0.15) is 59.8 Å². The molecule has 1 unspecified atom stereocenters. The topological polar surface area (TPSA) is 26.3 Å². The molecule has 20 heavy (non-hydrogen) atoms. The van der Waals surface area contributed by atoms with Crippen molar-refractivity contribution in [3.63, 3.8) is 0 Å². The Morgan fingerprint density at radius 2 is 1.65 bits per heavy atom. The van der Waals surface area contributed by atoms with Crippen molar-refractivity contribution in [3.8, 4) is 0 Å². The molecule has 0 aliphatic heterocycles. The molecule has 0 bridgehead atoms. The molecule has 0 aliphatic carbocycles. The van der Waals surface area contributed by atoms with Crippen molar-refractivity contribution in [2.75, 3.05) is 5.75 Å². The number of esters is 1. The Kier molecular flexibility index (Phi) is 8.63. The van der Waals surface area contributed by atoms with Gasteiger partial charge in [-0.05, 0) is 46.3 Å². The van der Waals surface area contributed by atoms with E-state index >= 15 is 0 Å². The second kappa shape index (κ2) is 8.80. The highest BCUT2D eigenvalue weighted by Crippen LogP contribution is 2.23. The van der Waals surface area contributed by atoms with Crippen molar-refractivity contribution in [2.45, 2.75) is 76.8 Å². The van der Waals surface area contributed by atoms with Crippen LogP contribution in [-0.4, -0.2) is 28.7 Å². The smallest absolute Gasteiger partial charge is 0.389 e. The zero-order valence-corrected chi connectivity index (χ0v) is 13.5. The summed E-state index contributed by atoms with van der Waals surface area (Å²) in [5.41, 5.74) is -0.483. The Balaban J connectivity index is 3.58. The standard InChI is InChI=1S/C14H25F3O2S/c1-11(12(18)19-13(2,3)4)20-10-8-6-5-7-9-14(15,16)17/h11H,5-10H2,1-4H3. The normalized spacial score (nSPS) is 14.2. The average Bonchev–Trinajstić information content (AvgIpc) is 2.23. The first-order chi connectivity index (χ1) is 9.01. The monoisotopic (exact) mass is 314 g/mol. The molecule has 0 heterocycles. The summed E-state index contributed by atoms with van der Waals surface area (Å²) >= 11 is 1.49. The SMILES string of the molecule is CC(SCCCCCCC(F)(F)F)C(=O)OC(C)(C)C. The van der Waals surface area contributed by atoms with Crippen molar-refractivity contribution in [3.05, 3.63) is 0 Å². The first-order valence-electron chi connectivity index (χ1n) is 6.92. The van der Waals surface area contributed by atoms with Gasteiger partial charge in [-0.2, -0.15) is 13.2 Å². The second-order valence-electron chi connectivity index (χ2n) is 5.83. The highest BCUT2D eigenvalue weighted by atomic mass is 32.2. The molecule has 0 N–H and O–H groups in total. The number of carbonyl (C=O) groups excluding carboxylic acids is 1. The molecule has 0 amide bonds. The summed E-state index contributed by atoms with van der Waals surface area (Å²) in [6.45, 7) is 7.26. The van der Waals surface area contributed by atoms with Gasteiger partial charge < -0.3 is 4.74 Å². The van der Waals surface area contributed by atoms with Gasteiger partial charge in [-0.25, -0.2) is 0 Å². The summed E-state index contributed by atoms with van der Waals surface area (Å²) in [6, 6.07) is 0.